The van der Waals surface area contributed by atoms with E-state index in [-0.39, 0.29) is 5.82 Å². The average Bonchev–Trinajstić information content (AvgIpc) is 2.99. The molecule has 1 aromatic carbocycles. The van der Waals surface area contributed by atoms with Gasteiger partial charge in [0, 0.05) is 36.6 Å². The minimum absolute atomic E-state index is 0.224. The molecule has 0 atom stereocenters. The standard InChI is InChI=1S/C19H20FN3/c1-23(2)12-9-17-13-18(14-7-10-21-11-8-14)19(22-17)15-3-5-16(20)6-4-15/h3-8,10-11,13,22H,9,12H2,1-2H3. The van der Waals surface area contributed by atoms with Gasteiger partial charge in [0.2, 0.25) is 0 Å². The number of H-pyrrole nitrogens is 1. The second-order valence-electron chi connectivity index (χ2n) is 5.88. The highest BCUT2D eigenvalue weighted by Crippen LogP contribution is 2.32. The Balaban J connectivity index is 2.03. The lowest BCUT2D eigenvalue weighted by Crippen LogP contribution is -2.15. The Morgan fingerprint density at radius 1 is 1.00 bits per heavy atom. The topological polar surface area (TPSA) is 31.9 Å². The average molecular weight is 309 g/mol. The number of benzene rings is 1. The van der Waals surface area contributed by atoms with Gasteiger partial charge in [-0.2, -0.15) is 0 Å². The van der Waals surface area contributed by atoms with E-state index in [4.69, 9.17) is 0 Å². The molecule has 3 nitrogen and oxygen atoms in total. The van der Waals surface area contributed by atoms with Gasteiger partial charge in [0.1, 0.15) is 5.82 Å². The maximum absolute atomic E-state index is 13.2. The van der Waals surface area contributed by atoms with E-state index in [1.165, 1.54) is 17.8 Å². The summed E-state index contributed by atoms with van der Waals surface area (Å²) in [5.41, 5.74) is 5.39. The molecule has 0 bridgehead atoms. The van der Waals surface area contributed by atoms with E-state index in [9.17, 15) is 4.39 Å². The van der Waals surface area contributed by atoms with E-state index < -0.39 is 0 Å². The molecular formula is C19H20FN3. The van der Waals surface area contributed by atoms with Crippen LogP contribution in [0, 0.1) is 5.82 Å². The van der Waals surface area contributed by atoms with Crippen LogP contribution in [-0.4, -0.2) is 35.5 Å². The summed E-state index contributed by atoms with van der Waals surface area (Å²) in [5.74, 6) is -0.224. The van der Waals surface area contributed by atoms with Gasteiger partial charge >= 0.3 is 0 Å². The highest BCUT2D eigenvalue weighted by atomic mass is 19.1. The Bertz CT molecular complexity index is 761. The van der Waals surface area contributed by atoms with Gasteiger partial charge in [0.05, 0.1) is 5.69 Å². The molecule has 4 heteroatoms. The highest BCUT2D eigenvalue weighted by Gasteiger charge is 2.12. The molecule has 2 aromatic heterocycles. The third-order valence-corrected chi connectivity index (χ3v) is 3.83. The third-order valence-electron chi connectivity index (χ3n) is 3.83. The molecule has 1 N–H and O–H groups in total. The smallest absolute Gasteiger partial charge is 0.123 e. The van der Waals surface area contributed by atoms with Crippen LogP contribution in [0.5, 0.6) is 0 Å². The van der Waals surface area contributed by atoms with Crippen LogP contribution in [0.3, 0.4) is 0 Å². The molecule has 118 valence electrons. The van der Waals surface area contributed by atoms with E-state index >= 15 is 0 Å². The van der Waals surface area contributed by atoms with Crippen LogP contribution in [0.15, 0.2) is 54.9 Å². The predicted octanol–water partition coefficient (Wildman–Crippen LogP) is 3.99. The predicted molar refractivity (Wildman–Crippen MR) is 91.7 cm³/mol. The van der Waals surface area contributed by atoms with Crippen LogP contribution in [-0.2, 0) is 6.42 Å². The lowest BCUT2D eigenvalue weighted by molar-refractivity contribution is 0.412. The molecular weight excluding hydrogens is 289 g/mol. The first-order chi connectivity index (χ1) is 11.1. The molecule has 0 saturated carbocycles. The van der Waals surface area contributed by atoms with E-state index in [2.05, 4.69) is 35.0 Å². The van der Waals surface area contributed by atoms with Crippen LogP contribution in [0.1, 0.15) is 5.69 Å². The van der Waals surface area contributed by atoms with Gasteiger partial charge in [-0.15, -0.1) is 0 Å². The molecule has 0 saturated heterocycles. The van der Waals surface area contributed by atoms with Crippen LogP contribution in [0.2, 0.25) is 0 Å². The number of nitrogens with zero attached hydrogens (tertiary/aromatic N) is 2. The number of aromatic nitrogens is 2. The molecule has 0 aliphatic rings. The van der Waals surface area contributed by atoms with Gasteiger partial charge in [0.25, 0.3) is 0 Å². The largest absolute Gasteiger partial charge is 0.358 e. The minimum atomic E-state index is -0.224. The van der Waals surface area contributed by atoms with Gasteiger partial charge in [-0.25, -0.2) is 4.39 Å². The number of pyridine rings is 1. The maximum atomic E-state index is 13.2. The maximum Gasteiger partial charge on any atom is 0.123 e. The van der Waals surface area contributed by atoms with Crippen molar-refractivity contribution in [3.05, 3.63) is 66.4 Å². The summed E-state index contributed by atoms with van der Waals surface area (Å²) in [6.45, 7) is 0.971. The normalized spacial score (nSPS) is 11.1. The van der Waals surface area contributed by atoms with Crippen molar-refractivity contribution in [1.82, 2.24) is 14.9 Å². The van der Waals surface area contributed by atoms with E-state index in [0.29, 0.717) is 0 Å². The number of nitrogens with one attached hydrogen (secondary N) is 1. The van der Waals surface area contributed by atoms with Crippen molar-refractivity contribution in [1.29, 1.82) is 0 Å². The Morgan fingerprint density at radius 3 is 2.35 bits per heavy atom. The number of halogens is 1. The molecule has 3 rings (SSSR count). The summed E-state index contributed by atoms with van der Waals surface area (Å²) in [5, 5.41) is 0. The third kappa shape index (κ3) is 3.66. The first kappa shape index (κ1) is 15.4. The molecule has 23 heavy (non-hydrogen) atoms. The number of hydrogen-bond donors (Lipinski definition) is 1. The lowest BCUT2D eigenvalue weighted by atomic mass is 10.0. The Kier molecular flexibility index (Phi) is 4.53. The molecule has 2 heterocycles. The van der Waals surface area contributed by atoms with Crippen molar-refractivity contribution in [3.63, 3.8) is 0 Å². The quantitative estimate of drug-likeness (QED) is 0.773. The van der Waals surface area contributed by atoms with Crippen molar-refractivity contribution in [2.75, 3.05) is 20.6 Å². The van der Waals surface area contributed by atoms with E-state index in [1.54, 1.807) is 12.4 Å². The molecule has 0 aliphatic carbocycles. The van der Waals surface area contributed by atoms with Gasteiger partial charge in [-0.05, 0) is 67.7 Å². The zero-order valence-electron chi connectivity index (χ0n) is 13.4. The van der Waals surface area contributed by atoms with E-state index in [1.807, 2.05) is 24.3 Å². The van der Waals surface area contributed by atoms with Gasteiger partial charge in [-0.1, -0.05) is 0 Å². The molecule has 0 unspecified atom stereocenters. The minimum Gasteiger partial charge on any atom is -0.358 e. The summed E-state index contributed by atoms with van der Waals surface area (Å²) < 4.78 is 13.2. The lowest BCUT2D eigenvalue weighted by Gasteiger charge is -2.07. The van der Waals surface area contributed by atoms with Crippen LogP contribution >= 0.6 is 0 Å². The summed E-state index contributed by atoms with van der Waals surface area (Å²) in [6.07, 6.45) is 4.51. The zero-order chi connectivity index (χ0) is 16.2. The number of likely N-dealkylation sites (N-methyl/N-ethyl adjacent to an activating group) is 1. The van der Waals surface area contributed by atoms with Gasteiger partial charge in [0.15, 0.2) is 0 Å². The monoisotopic (exact) mass is 309 g/mol. The van der Waals surface area contributed by atoms with Crippen molar-refractivity contribution in [3.8, 4) is 22.4 Å². The summed E-state index contributed by atoms with van der Waals surface area (Å²) in [6, 6.07) is 12.8. The molecule has 0 spiro atoms. The molecule has 0 fully saturated rings. The van der Waals surface area contributed by atoms with Crippen molar-refractivity contribution in [2.24, 2.45) is 0 Å². The fourth-order valence-electron chi connectivity index (χ4n) is 2.59. The van der Waals surface area contributed by atoms with Crippen molar-refractivity contribution >= 4 is 0 Å². The van der Waals surface area contributed by atoms with Crippen LogP contribution < -0.4 is 0 Å². The number of rotatable bonds is 5. The van der Waals surface area contributed by atoms with Gasteiger partial charge in [-0.3, -0.25) is 4.98 Å². The van der Waals surface area contributed by atoms with E-state index in [0.717, 1.165) is 35.3 Å². The van der Waals surface area contributed by atoms with Crippen molar-refractivity contribution in [2.45, 2.75) is 6.42 Å². The zero-order valence-corrected chi connectivity index (χ0v) is 13.4. The summed E-state index contributed by atoms with van der Waals surface area (Å²) in [4.78, 5) is 9.74. The summed E-state index contributed by atoms with van der Waals surface area (Å²) in [7, 11) is 4.13. The first-order valence-corrected chi connectivity index (χ1v) is 7.66. The molecule has 0 aliphatic heterocycles. The molecule has 3 aromatic rings. The van der Waals surface area contributed by atoms with Crippen LogP contribution in [0.25, 0.3) is 22.4 Å². The Morgan fingerprint density at radius 2 is 1.70 bits per heavy atom. The SMILES string of the molecule is CN(C)CCc1cc(-c2ccncc2)c(-c2ccc(F)cc2)[nH]1. The number of hydrogen-bond acceptors (Lipinski definition) is 2. The fourth-order valence-corrected chi connectivity index (χ4v) is 2.59. The molecule has 0 amide bonds. The van der Waals surface area contributed by atoms with Gasteiger partial charge < -0.3 is 9.88 Å². The summed E-state index contributed by atoms with van der Waals surface area (Å²) >= 11 is 0. The first-order valence-electron chi connectivity index (χ1n) is 7.66. The molecule has 0 radical (unpaired) electrons. The second kappa shape index (κ2) is 6.75. The highest BCUT2D eigenvalue weighted by molar-refractivity contribution is 5.81. The Hall–Kier alpha value is -2.46. The number of aromatic amines is 1. The van der Waals surface area contributed by atoms with Crippen molar-refractivity contribution < 1.29 is 4.39 Å². The van der Waals surface area contributed by atoms with Crippen LogP contribution in [0.4, 0.5) is 4.39 Å². The fraction of sp³-hybridized carbons (Fsp3) is 0.211. The second-order valence-corrected chi connectivity index (χ2v) is 5.88. The Labute approximate surface area is 135 Å².